The minimum Gasteiger partial charge on any atom is -0.465 e. The van der Waals surface area contributed by atoms with Crippen LogP contribution >= 0.6 is 15.9 Å². The van der Waals surface area contributed by atoms with Crippen molar-refractivity contribution in [2.24, 2.45) is 0 Å². The summed E-state index contributed by atoms with van der Waals surface area (Å²) in [5, 5.41) is 0. The van der Waals surface area contributed by atoms with Crippen LogP contribution < -0.4 is 0 Å². The molecule has 3 heteroatoms. The van der Waals surface area contributed by atoms with Gasteiger partial charge in [-0.05, 0) is 18.2 Å². The lowest BCUT2D eigenvalue weighted by molar-refractivity contribution is 0.0600. The van der Waals surface area contributed by atoms with Gasteiger partial charge in [0, 0.05) is 10.0 Å². The van der Waals surface area contributed by atoms with Crippen LogP contribution in [0.2, 0.25) is 0 Å². The van der Waals surface area contributed by atoms with Gasteiger partial charge in [-0.25, -0.2) is 4.79 Å². The average Bonchev–Trinajstić information content (AvgIpc) is 2.15. The number of rotatable bonds is 1. The molecule has 0 saturated heterocycles. The molecule has 0 atom stereocenters. The Morgan fingerprint density at radius 2 is 2.23 bits per heavy atom. The Kier molecular flexibility index (Phi) is 3.10. The number of carbonyl (C=O) groups excluding carboxylic acids is 1. The fourth-order valence-electron chi connectivity index (χ4n) is 0.909. The Bertz CT molecular complexity index is 377. The number of ether oxygens (including phenoxy) is 1. The second kappa shape index (κ2) is 4.11. The summed E-state index contributed by atoms with van der Waals surface area (Å²) < 4.78 is 5.33. The van der Waals surface area contributed by atoms with Crippen molar-refractivity contribution in [2.45, 2.75) is 0 Å². The summed E-state index contributed by atoms with van der Waals surface area (Å²) in [6, 6.07) is 5.02. The largest absolute Gasteiger partial charge is 0.465 e. The predicted octanol–water partition coefficient (Wildman–Crippen LogP) is 2.22. The van der Waals surface area contributed by atoms with Crippen molar-refractivity contribution < 1.29 is 9.53 Å². The van der Waals surface area contributed by atoms with Crippen LogP contribution in [0.1, 0.15) is 15.9 Å². The normalized spacial score (nSPS) is 9.00. The zero-order valence-electron chi connectivity index (χ0n) is 7.00. The van der Waals surface area contributed by atoms with Crippen molar-refractivity contribution in [2.75, 3.05) is 7.11 Å². The molecule has 66 valence electrons. The van der Waals surface area contributed by atoms with E-state index in [2.05, 4.69) is 26.6 Å². The Morgan fingerprint density at radius 1 is 1.54 bits per heavy atom. The van der Waals surface area contributed by atoms with Gasteiger partial charge in [0.2, 0.25) is 0 Å². The fourth-order valence-corrected chi connectivity index (χ4v) is 1.40. The number of carbonyl (C=O) groups is 1. The molecule has 0 spiro atoms. The number of esters is 1. The maximum atomic E-state index is 11.1. The summed E-state index contributed by atoms with van der Waals surface area (Å²) in [6.07, 6.45) is 5.21. The molecule has 0 N–H and O–H groups in total. The molecule has 0 bridgehead atoms. The van der Waals surface area contributed by atoms with Crippen molar-refractivity contribution >= 4 is 21.9 Å². The number of benzene rings is 1. The SMILES string of the molecule is C#Cc1cc(Br)cc(C(=O)OC)c1. The topological polar surface area (TPSA) is 26.3 Å². The van der Waals surface area contributed by atoms with E-state index in [0.717, 1.165) is 4.47 Å². The van der Waals surface area contributed by atoms with E-state index >= 15 is 0 Å². The Labute approximate surface area is 85.0 Å². The highest BCUT2D eigenvalue weighted by atomic mass is 79.9. The molecule has 1 aromatic rings. The number of terminal acetylenes is 1. The lowest BCUT2D eigenvalue weighted by atomic mass is 10.1. The molecular weight excluding hydrogens is 232 g/mol. The number of hydrogen-bond acceptors (Lipinski definition) is 2. The van der Waals surface area contributed by atoms with E-state index in [1.54, 1.807) is 18.2 Å². The summed E-state index contributed by atoms with van der Waals surface area (Å²) in [6.45, 7) is 0. The summed E-state index contributed by atoms with van der Waals surface area (Å²) >= 11 is 3.25. The third-order valence-corrected chi connectivity index (χ3v) is 1.94. The second-order valence-electron chi connectivity index (χ2n) is 2.36. The molecule has 0 aliphatic rings. The van der Waals surface area contributed by atoms with Crippen molar-refractivity contribution in [3.8, 4) is 12.3 Å². The third-order valence-electron chi connectivity index (χ3n) is 1.49. The Balaban J connectivity index is 3.17. The van der Waals surface area contributed by atoms with E-state index < -0.39 is 5.97 Å². The van der Waals surface area contributed by atoms with Crippen LogP contribution in [-0.4, -0.2) is 13.1 Å². The second-order valence-corrected chi connectivity index (χ2v) is 3.28. The number of methoxy groups -OCH3 is 1. The van der Waals surface area contributed by atoms with Crippen LogP contribution in [0.5, 0.6) is 0 Å². The van der Waals surface area contributed by atoms with Crippen LogP contribution in [0.3, 0.4) is 0 Å². The van der Waals surface area contributed by atoms with Crippen LogP contribution in [0.4, 0.5) is 0 Å². The summed E-state index contributed by atoms with van der Waals surface area (Å²) in [7, 11) is 1.33. The Hall–Kier alpha value is -1.27. The fraction of sp³-hybridized carbons (Fsp3) is 0.100. The van der Waals surface area contributed by atoms with E-state index in [0.29, 0.717) is 11.1 Å². The predicted molar refractivity (Wildman–Crippen MR) is 53.4 cm³/mol. The molecule has 0 radical (unpaired) electrons. The van der Waals surface area contributed by atoms with E-state index in [-0.39, 0.29) is 0 Å². The highest BCUT2D eigenvalue weighted by Gasteiger charge is 2.06. The van der Waals surface area contributed by atoms with Crippen LogP contribution in [0.25, 0.3) is 0 Å². The lowest BCUT2D eigenvalue weighted by Gasteiger charge is -2.00. The van der Waals surface area contributed by atoms with E-state index in [1.807, 2.05) is 0 Å². The maximum Gasteiger partial charge on any atom is 0.337 e. The molecule has 0 unspecified atom stereocenters. The third kappa shape index (κ3) is 2.33. The first-order valence-corrected chi connectivity index (χ1v) is 4.32. The minimum atomic E-state index is -0.391. The molecule has 0 aliphatic heterocycles. The van der Waals surface area contributed by atoms with E-state index in [9.17, 15) is 4.79 Å². The molecule has 0 aliphatic carbocycles. The van der Waals surface area contributed by atoms with Gasteiger partial charge in [0.25, 0.3) is 0 Å². The van der Waals surface area contributed by atoms with Crippen LogP contribution in [-0.2, 0) is 4.74 Å². The molecule has 1 aromatic carbocycles. The van der Waals surface area contributed by atoms with E-state index in [1.165, 1.54) is 7.11 Å². The zero-order valence-corrected chi connectivity index (χ0v) is 8.59. The molecule has 1 rings (SSSR count). The molecule has 0 amide bonds. The monoisotopic (exact) mass is 238 g/mol. The van der Waals surface area contributed by atoms with Gasteiger partial charge in [0.15, 0.2) is 0 Å². The standard InChI is InChI=1S/C10H7BrO2/c1-3-7-4-8(10(12)13-2)6-9(11)5-7/h1,4-6H,2H3. The molecule has 2 nitrogen and oxygen atoms in total. The molecule has 0 fully saturated rings. The number of halogens is 1. The molecule has 0 saturated carbocycles. The highest BCUT2D eigenvalue weighted by molar-refractivity contribution is 9.10. The minimum absolute atomic E-state index is 0.391. The quantitative estimate of drug-likeness (QED) is 0.554. The first kappa shape index (κ1) is 9.82. The Morgan fingerprint density at radius 3 is 2.77 bits per heavy atom. The van der Waals surface area contributed by atoms with Gasteiger partial charge in [0.1, 0.15) is 0 Å². The number of hydrogen-bond donors (Lipinski definition) is 0. The first-order chi connectivity index (χ1) is 6.17. The molecule has 13 heavy (non-hydrogen) atoms. The smallest absolute Gasteiger partial charge is 0.337 e. The van der Waals surface area contributed by atoms with E-state index in [4.69, 9.17) is 6.42 Å². The van der Waals surface area contributed by atoms with Gasteiger partial charge < -0.3 is 4.74 Å². The van der Waals surface area contributed by atoms with Crippen molar-refractivity contribution in [3.05, 3.63) is 33.8 Å². The van der Waals surface area contributed by atoms with Crippen molar-refractivity contribution in [1.82, 2.24) is 0 Å². The van der Waals surface area contributed by atoms with Gasteiger partial charge in [-0.1, -0.05) is 21.9 Å². The van der Waals surface area contributed by atoms with Crippen molar-refractivity contribution in [1.29, 1.82) is 0 Å². The lowest BCUT2D eigenvalue weighted by Crippen LogP contribution is -2.01. The van der Waals surface area contributed by atoms with Crippen LogP contribution in [0.15, 0.2) is 22.7 Å². The van der Waals surface area contributed by atoms with Gasteiger partial charge in [-0.2, -0.15) is 0 Å². The van der Waals surface area contributed by atoms with Gasteiger partial charge >= 0.3 is 5.97 Å². The van der Waals surface area contributed by atoms with Gasteiger partial charge in [-0.3, -0.25) is 0 Å². The summed E-state index contributed by atoms with van der Waals surface area (Å²) in [5.41, 5.74) is 1.10. The maximum absolute atomic E-state index is 11.1. The first-order valence-electron chi connectivity index (χ1n) is 3.53. The van der Waals surface area contributed by atoms with Crippen molar-refractivity contribution in [3.63, 3.8) is 0 Å². The van der Waals surface area contributed by atoms with Gasteiger partial charge in [0.05, 0.1) is 12.7 Å². The highest BCUT2D eigenvalue weighted by Crippen LogP contribution is 2.15. The molecule has 0 heterocycles. The van der Waals surface area contributed by atoms with Crippen LogP contribution in [0, 0.1) is 12.3 Å². The van der Waals surface area contributed by atoms with Gasteiger partial charge in [-0.15, -0.1) is 6.42 Å². The summed E-state index contributed by atoms with van der Waals surface area (Å²) in [5.74, 6) is 2.06. The average molecular weight is 239 g/mol. The summed E-state index contributed by atoms with van der Waals surface area (Å²) in [4.78, 5) is 11.1. The molecular formula is C10H7BrO2. The molecule has 0 aromatic heterocycles. The zero-order chi connectivity index (χ0) is 9.84.